The van der Waals surface area contributed by atoms with Gasteiger partial charge in [0.15, 0.2) is 17.4 Å². The number of rotatable bonds is 6. The summed E-state index contributed by atoms with van der Waals surface area (Å²) in [6.07, 6.45) is 3.49. The predicted octanol–water partition coefficient (Wildman–Crippen LogP) is 3.17. The van der Waals surface area contributed by atoms with Gasteiger partial charge in [-0.05, 0) is 28.8 Å². The van der Waals surface area contributed by atoms with Crippen LogP contribution in [0, 0.1) is 17.0 Å². The van der Waals surface area contributed by atoms with Crippen LogP contribution in [-0.4, -0.2) is 61.4 Å². The van der Waals surface area contributed by atoms with E-state index in [4.69, 9.17) is 14.2 Å². The first-order valence-electron chi connectivity index (χ1n) is 8.83. The molecule has 0 radical (unpaired) electrons. The van der Waals surface area contributed by atoms with Crippen LogP contribution in [0.1, 0.15) is 12.8 Å². The lowest BCUT2D eigenvalue weighted by Crippen LogP contribution is -2.41. The van der Waals surface area contributed by atoms with E-state index in [9.17, 15) is 8.78 Å². The van der Waals surface area contributed by atoms with Crippen molar-refractivity contribution in [1.82, 2.24) is 14.9 Å². The van der Waals surface area contributed by atoms with Gasteiger partial charge < -0.3 is 14.2 Å². The summed E-state index contributed by atoms with van der Waals surface area (Å²) in [4.78, 5) is 10.6. The van der Waals surface area contributed by atoms with E-state index in [1.165, 1.54) is 13.3 Å². The fourth-order valence-electron chi connectivity index (χ4n) is 3.36. The van der Waals surface area contributed by atoms with Crippen molar-refractivity contribution in [1.29, 1.82) is 0 Å². The summed E-state index contributed by atoms with van der Waals surface area (Å²) >= 11 is 2.91. The Labute approximate surface area is 163 Å². The third-order valence-electron chi connectivity index (χ3n) is 5.14. The highest BCUT2D eigenvalue weighted by atomic mass is 79.9. The number of hydrogen-bond acceptors (Lipinski definition) is 6. The van der Waals surface area contributed by atoms with Gasteiger partial charge in [-0.25, -0.2) is 13.8 Å². The fourth-order valence-corrected chi connectivity index (χ4v) is 3.73. The minimum absolute atomic E-state index is 0.0387. The van der Waals surface area contributed by atoms with Crippen molar-refractivity contribution in [2.75, 3.05) is 46.6 Å². The number of nitrogens with zero attached hydrogens (tertiary/aromatic N) is 3. The number of ether oxygens (including phenoxy) is 3. The van der Waals surface area contributed by atoms with Crippen molar-refractivity contribution < 1.29 is 23.0 Å². The molecule has 1 aromatic heterocycles. The average Bonchev–Trinajstić information content (AvgIpc) is 3.46. The second-order valence-corrected chi connectivity index (χ2v) is 7.86. The third-order valence-corrected chi connectivity index (χ3v) is 5.83. The predicted molar refractivity (Wildman–Crippen MR) is 98.1 cm³/mol. The Morgan fingerprint density at radius 2 is 2.00 bits per heavy atom. The number of hydrogen-bond donors (Lipinski definition) is 0. The van der Waals surface area contributed by atoms with E-state index in [0.29, 0.717) is 6.61 Å². The number of aromatic nitrogens is 2. The van der Waals surface area contributed by atoms with E-state index < -0.39 is 11.6 Å². The zero-order valence-electron chi connectivity index (χ0n) is 14.9. The lowest BCUT2D eigenvalue weighted by molar-refractivity contribution is 0.0231. The molecule has 1 saturated heterocycles. The summed E-state index contributed by atoms with van der Waals surface area (Å²) in [6, 6.07) is 0.0789. The molecule has 0 unspecified atom stereocenters. The van der Waals surface area contributed by atoms with E-state index in [-0.39, 0.29) is 32.6 Å². The smallest absolute Gasteiger partial charge is 0.317 e. The van der Waals surface area contributed by atoms with Gasteiger partial charge in [-0.2, -0.15) is 4.98 Å². The second-order valence-electron chi connectivity index (χ2n) is 7.07. The van der Waals surface area contributed by atoms with Gasteiger partial charge in [0.05, 0.1) is 36.8 Å². The summed E-state index contributed by atoms with van der Waals surface area (Å²) in [6.45, 7) is 4.80. The summed E-state index contributed by atoms with van der Waals surface area (Å²) < 4.78 is 44.4. The van der Waals surface area contributed by atoms with Crippen LogP contribution < -0.4 is 9.47 Å². The largest absolute Gasteiger partial charge is 0.493 e. The van der Waals surface area contributed by atoms with Crippen LogP contribution in [0.15, 0.2) is 10.7 Å². The van der Waals surface area contributed by atoms with E-state index in [1.54, 1.807) is 0 Å². The molecule has 0 amide bonds. The molecular formula is C18H20BrF2N3O3. The first kappa shape index (κ1) is 18.8. The van der Waals surface area contributed by atoms with Crippen molar-refractivity contribution in [2.45, 2.75) is 12.8 Å². The van der Waals surface area contributed by atoms with Crippen LogP contribution in [0.4, 0.5) is 8.78 Å². The molecule has 2 aliphatic rings. The van der Waals surface area contributed by atoms with Crippen LogP contribution >= 0.6 is 15.9 Å². The highest BCUT2D eigenvalue weighted by Crippen LogP contribution is 2.46. The third kappa shape index (κ3) is 3.72. The molecule has 0 N–H and O–H groups in total. The fraction of sp³-hybridized carbons (Fsp3) is 0.556. The molecular weight excluding hydrogens is 424 g/mol. The van der Waals surface area contributed by atoms with Crippen LogP contribution in [0.25, 0.3) is 10.9 Å². The van der Waals surface area contributed by atoms with Crippen LogP contribution in [-0.2, 0) is 4.74 Å². The maximum atomic E-state index is 14.4. The Kier molecular flexibility index (Phi) is 5.17. The highest BCUT2D eigenvalue weighted by Gasteiger charge is 2.45. The normalized spacial score (nSPS) is 19.3. The van der Waals surface area contributed by atoms with E-state index in [2.05, 4.69) is 30.8 Å². The summed E-state index contributed by atoms with van der Waals surface area (Å²) in [5.74, 6) is -1.72. The first-order valence-corrected chi connectivity index (χ1v) is 9.62. The molecule has 2 heterocycles. The Hall–Kier alpha value is -1.58. The first-order chi connectivity index (χ1) is 13.0. The molecule has 1 aliphatic carbocycles. The van der Waals surface area contributed by atoms with Gasteiger partial charge in [-0.15, -0.1) is 0 Å². The van der Waals surface area contributed by atoms with Crippen LogP contribution in [0.3, 0.4) is 0 Å². The van der Waals surface area contributed by atoms with Crippen molar-refractivity contribution in [2.24, 2.45) is 5.41 Å². The van der Waals surface area contributed by atoms with Gasteiger partial charge in [-0.1, -0.05) is 0 Å². The molecule has 6 nitrogen and oxygen atoms in total. The molecule has 146 valence electrons. The number of benzene rings is 1. The van der Waals surface area contributed by atoms with Gasteiger partial charge in [0.1, 0.15) is 5.52 Å². The monoisotopic (exact) mass is 443 g/mol. The molecule has 2 aromatic rings. The van der Waals surface area contributed by atoms with Crippen molar-refractivity contribution in [3.8, 4) is 11.8 Å². The van der Waals surface area contributed by atoms with E-state index in [0.717, 1.165) is 45.7 Å². The molecule has 0 atom stereocenters. The number of morpholine rings is 1. The molecule has 9 heteroatoms. The standard InChI is InChI=1S/C18H20BrF2N3O3/c1-25-16-11-8-22-17(23-15(11)13(20)12(19)14(16)21)27-10-18(2-3-18)9-24-4-6-26-7-5-24/h8H,2-7,9-10H2,1H3. The second kappa shape index (κ2) is 7.44. The minimum atomic E-state index is -0.817. The van der Waals surface area contributed by atoms with E-state index in [1.807, 2.05) is 0 Å². The topological polar surface area (TPSA) is 56.7 Å². The molecule has 1 aliphatic heterocycles. The molecule has 1 saturated carbocycles. The molecule has 1 aromatic carbocycles. The summed E-state index contributed by atoms with van der Waals surface area (Å²) in [5.41, 5.74) is 0.0538. The SMILES string of the molecule is COc1c(F)c(Br)c(F)c2nc(OCC3(CN4CCOCC4)CC3)ncc12. The average molecular weight is 444 g/mol. The zero-order chi connectivity index (χ0) is 19.0. The summed E-state index contributed by atoms with van der Waals surface area (Å²) in [7, 11) is 1.31. The lowest BCUT2D eigenvalue weighted by atomic mass is 10.1. The molecule has 0 bridgehead atoms. The minimum Gasteiger partial charge on any atom is -0.493 e. The quantitative estimate of drug-likeness (QED) is 0.639. The van der Waals surface area contributed by atoms with Gasteiger partial charge in [0, 0.05) is 31.2 Å². The number of methoxy groups -OCH3 is 1. The Morgan fingerprint density at radius 1 is 1.26 bits per heavy atom. The van der Waals surface area contributed by atoms with Gasteiger partial charge in [0.2, 0.25) is 0 Å². The Balaban J connectivity index is 1.51. The van der Waals surface area contributed by atoms with Gasteiger partial charge >= 0.3 is 6.01 Å². The Morgan fingerprint density at radius 3 is 2.67 bits per heavy atom. The lowest BCUT2D eigenvalue weighted by Gasteiger charge is -2.30. The van der Waals surface area contributed by atoms with Crippen LogP contribution in [0.5, 0.6) is 11.8 Å². The number of halogens is 3. The molecule has 27 heavy (non-hydrogen) atoms. The molecule has 4 rings (SSSR count). The maximum absolute atomic E-state index is 14.4. The van der Waals surface area contributed by atoms with Crippen molar-refractivity contribution >= 4 is 26.8 Å². The zero-order valence-corrected chi connectivity index (χ0v) is 16.5. The van der Waals surface area contributed by atoms with Crippen molar-refractivity contribution in [3.05, 3.63) is 22.3 Å². The molecule has 2 fully saturated rings. The maximum Gasteiger partial charge on any atom is 0.317 e. The van der Waals surface area contributed by atoms with Gasteiger partial charge in [0.25, 0.3) is 0 Å². The Bertz CT molecular complexity index is 858. The summed E-state index contributed by atoms with van der Waals surface area (Å²) in [5, 5.41) is 0.164. The highest BCUT2D eigenvalue weighted by molar-refractivity contribution is 9.10. The van der Waals surface area contributed by atoms with Crippen LogP contribution in [0.2, 0.25) is 0 Å². The van der Waals surface area contributed by atoms with E-state index >= 15 is 0 Å². The van der Waals surface area contributed by atoms with Gasteiger partial charge in [-0.3, -0.25) is 4.90 Å². The van der Waals surface area contributed by atoms with Crippen molar-refractivity contribution in [3.63, 3.8) is 0 Å². The number of fused-ring (bicyclic) bond motifs is 1. The molecule has 0 spiro atoms.